The number of rotatable bonds is 7. The van der Waals surface area contributed by atoms with Crippen molar-refractivity contribution in [3.63, 3.8) is 0 Å². The van der Waals surface area contributed by atoms with E-state index in [1.54, 1.807) is 24.3 Å². The molecule has 3 rings (SSSR count). The molecule has 170 valence electrons. The van der Waals surface area contributed by atoms with Gasteiger partial charge in [-0.3, -0.25) is 28.6 Å². The lowest BCUT2D eigenvalue weighted by Gasteiger charge is -2.26. The van der Waals surface area contributed by atoms with E-state index in [9.17, 15) is 19.2 Å². The van der Waals surface area contributed by atoms with Gasteiger partial charge in [0.2, 0.25) is 11.3 Å². The van der Waals surface area contributed by atoms with Gasteiger partial charge in [-0.15, -0.1) is 0 Å². The number of nitrogens with zero attached hydrogens (tertiary/aromatic N) is 4. The van der Waals surface area contributed by atoms with E-state index >= 15 is 0 Å². The van der Waals surface area contributed by atoms with Gasteiger partial charge in [0.25, 0.3) is 5.56 Å². The monoisotopic (exact) mass is 440 g/mol. The number of aromatic amines is 1. The maximum Gasteiger partial charge on any atom is 0.330 e. The van der Waals surface area contributed by atoms with Crippen molar-refractivity contribution in [3.05, 3.63) is 61.5 Å². The SMILES string of the molecule is CC(C)CN(C(=O)Cn1ncc(=O)c2ccccc21)c1c(N)n(CC(C)C)c(=O)[nH]c1=O. The first-order valence-corrected chi connectivity index (χ1v) is 10.5. The summed E-state index contributed by atoms with van der Waals surface area (Å²) >= 11 is 0. The van der Waals surface area contributed by atoms with Gasteiger partial charge in [-0.2, -0.15) is 5.10 Å². The van der Waals surface area contributed by atoms with E-state index in [4.69, 9.17) is 5.73 Å². The zero-order valence-electron chi connectivity index (χ0n) is 18.7. The molecule has 0 aliphatic rings. The van der Waals surface area contributed by atoms with Crippen LogP contribution in [0.3, 0.4) is 0 Å². The molecule has 10 heteroatoms. The molecule has 0 spiro atoms. The highest BCUT2D eigenvalue weighted by Gasteiger charge is 2.26. The highest BCUT2D eigenvalue weighted by molar-refractivity contribution is 5.96. The van der Waals surface area contributed by atoms with Crippen molar-refractivity contribution >= 4 is 28.3 Å². The van der Waals surface area contributed by atoms with Crippen LogP contribution in [0.2, 0.25) is 0 Å². The average Bonchev–Trinajstić information content (AvgIpc) is 2.72. The van der Waals surface area contributed by atoms with Crippen LogP contribution in [0.4, 0.5) is 11.5 Å². The fourth-order valence-electron chi connectivity index (χ4n) is 3.57. The fourth-order valence-corrected chi connectivity index (χ4v) is 3.57. The molecule has 1 amide bonds. The normalized spacial score (nSPS) is 11.4. The third-order valence-corrected chi connectivity index (χ3v) is 4.93. The Balaban J connectivity index is 2.10. The number of amides is 1. The maximum absolute atomic E-state index is 13.4. The molecule has 0 bridgehead atoms. The smallest absolute Gasteiger partial charge is 0.330 e. The topological polar surface area (TPSA) is 136 Å². The van der Waals surface area contributed by atoms with Crippen molar-refractivity contribution in [3.8, 4) is 0 Å². The van der Waals surface area contributed by atoms with Crippen LogP contribution in [0.25, 0.3) is 10.9 Å². The van der Waals surface area contributed by atoms with E-state index in [0.717, 1.165) is 6.20 Å². The van der Waals surface area contributed by atoms with Crippen LogP contribution in [0.15, 0.2) is 44.8 Å². The van der Waals surface area contributed by atoms with E-state index in [2.05, 4.69) is 10.1 Å². The number of fused-ring (bicyclic) bond motifs is 1. The second-order valence-electron chi connectivity index (χ2n) is 8.58. The van der Waals surface area contributed by atoms with E-state index < -0.39 is 17.2 Å². The number of nitrogens with two attached hydrogens (primary N) is 1. The number of carbonyl (C=O) groups excluding carboxylic acids is 1. The molecule has 3 aromatic rings. The van der Waals surface area contributed by atoms with Crippen LogP contribution < -0.4 is 27.3 Å². The summed E-state index contributed by atoms with van der Waals surface area (Å²) in [6, 6.07) is 6.85. The van der Waals surface area contributed by atoms with Gasteiger partial charge in [0.15, 0.2) is 5.69 Å². The third kappa shape index (κ3) is 4.63. The van der Waals surface area contributed by atoms with Gasteiger partial charge in [0.1, 0.15) is 12.4 Å². The van der Waals surface area contributed by atoms with Crippen molar-refractivity contribution in [2.45, 2.75) is 40.8 Å². The molecule has 0 radical (unpaired) electrons. The summed E-state index contributed by atoms with van der Waals surface area (Å²) < 4.78 is 2.69. The number of benzene rings is 1. The molecule has 0 saturated carbocycles. The van der Waals surface area contributed by atoms with Gasteiger partial charge in [0.05, 0.1) is 11.7 Å². The Morgan fingerprint density at radius 3 is 2.47 bits per heavy atom. The Hall–Kier alpha value is -3.69. The van der Waals surface area contributed by atoms with E-state index in [-0.39, 0.29) is 41.9 Å². The Morgan fingerprint density at radius 2 is 1.81 bits per heavy atom. The van der Waals surface area contributed by atoms with E-state index in [0.29, 0.717) is 17.4 Å². The summed E-state index contributed by atoms with van der Waals surface area (Å²) in [6.07, 6.45) is 1.16. The van der Waals surface area contributed by atoms with Crippen LogP contribution in [0, 0.1) is 11.8 Å². The predicted octanol–water partition coefficient (Wildman–Crippen LogP) is 1.17. The summed E-state index contributed by atoms with van der Waals surface area (Å²) in [4.78, 5) is 54.1. The molecule has 2 aromatic heterocycles. The number of nitrogen functional groups attached to an aromatic ring is 1. The van der Waals surface area contributed by atoms with Gasteiger partial charge in [-0.1, -0.05) is 39.8 Å². The Morgan fingerprint density at radius 1 is 1.12 bits per heavy atom. The number of para-hydroxylation sites is 1. The third-order valence-electron chi connectivity index (χ3n) is 4.93. The lowest BCUT2D eigenvalue weighted by atomic mass is 10.2. The van der Waals surface area contributed by atoms with Crippen LogP contribution in [0.1, 0.15) is 27.7 Å². The summed E-state index contributed by atoms with van der Waals surface area (Å²) in [5, 5.41) is 4.54. The molecule has 3 N–H and O–H groups in total. The number of hydrogen-bond acceptors (Lipinski definition) is 6. The van der Waals surface area contributed by atoms with Crippen molar-refractivity contribution in [1.29, 1.82) is 0 Å². The molecule has 0 atom stereocenters. The number of carbonyl (C=O) groups is 1. The highest BCUT2D eigenvalue weighted by atomic mass is 16.2. The summed E-state index contributed by atoms with van der Waals surface area (Å²) in [6.45, 7) is 7.94. The molecule has 0 saturated heterocycles. The predicted molar refractivity (Wildman–Crippen MR) is 124 cm³/mol. The van der Waals surface area contributed by atoms with Gasteiger partial charge < -0.3 is 10.6 Å². The molecule has 0 aliphatic carbocycles. The molecule has 0 aliphatic heterocycles. The second kappa shape index (κ2) is 9.21. The van der Waals surface area contributed by atoms with Gasteiger partial charge >= 0.3 is 5.69 Å². The Kier molecular flexibility index (Phi) is 6.61. The van der Waals surface area contributed by atoms with Crippen LogP contribution in [-0.4, -0.2) is 31.8 Å². The number of H-pyrrole nitrogens is 1. The largest absolute Gasteiger partial charge is 0.383 e. The zero-order valence-corrected chi connectivity index (χ0v) is 18.7. The zero-order chi connectivity index (χ0) is 23.6. The Bertz CT molecular complexity index is 1320. The fraction of sp³-hybridized carbons (Fsp3) is 0.409. The average molecular weight is 441 g/mol. The van der Waals surface area contributed by atoms with Gasteiger partial charge in [-0.05, 0) is 24.0 Å². The lowest BCUT2D eigenvalue weighted by molar-refractivity contribution is -0.119. The summed E-state index contributed by atoms with van der Waals surface area (Å²) in [5.74, 6) is -0.382. The molecule has 10 nitrogen and oxygen atoms in total. The molecule has 1 aromatic carbocycles. The van der Waals surface area contributed by atoms with Crippen molar-refractivity contribution in [2.24, 2.45) is 11.8 Å². The first-order valence-electron chi connectivity index (χ1n) is 10.5. The minimum atomic E-state index is -0.723. The molecular formula is C22H28N6O4. The van der Waals surface area contributed by atoms with Gasteiger partial charge in [0, 0.05) is 18.5 Å². The minimum absolute atomic E-state index is 0.0157. The number of hydrogen-bond donors (Lipinski definition) is 2. The summed E-state index contributed by atoms with van der Waals surface area (Å²) in [7, 11) is 0. The van der Waals surface area contributed by atoms with E-state index in [1.165, 1.54) is 14.1 Å². The Labute approximate surface area is 184 Å². The summed E-state index contributed by atoms with van der Waals surface area (Å²) in [5.41, 5.74) is 5.10. The molecule has 32 heavy (non-hydrogen) atoms. The van der Waals surface area contributed by atoms with Crippen LogP contribution in [-0.2, 0) is 17.9 Å². The van der Waals surface area contributed by atoms with Crippen LogP contribution in [0.5, 0.6) is 0 Å². The van der Waals surface area contributed by atoms with Crippen molar-refractivity contribution in [2.75, 3.05) is 17.2 Å². The number of anilines is 2. The molecule has 0 unspecified atom stereocenters. The number of nitrogens with one attached hydrogen (secondary N) is 1. The number of aromatic nitrogens is 4. The van der Waals surface area contributed by atoms with Gasteiger partial charge in [-0.25, -0.2) is 4.79 Å². The minimum Gasteiger partial charge on any atom is -0.383 e. The second-order valence-corrected chi connectivity index (χ2v) is 8.58. The lowest BCUT2D eigenvalue weighted by Crippen LogP contribution is -2.44. The van der Waals surface area contributed by atoms with Crippen molar-refractivity contribution < 1.29 is 4.79 Å². The molecule has 2 heterocycles. The molecular weight excluding hydrogens is 412 g/mol. The first-order chi connectivity index (χ1) is 15.1. The highest BCUT2D eigenvalue weighted by Crippen LogP contribution is 2.20. The van der Waals surface area contributed by atoms with Crippen molar-refractivity contribution in [1.82, 2.24) is 19.3 Å². The standard InChI is InChI=1S/C22H28N6O4/c1-13(2)10-26(19-20(23)27(11-14(3)4)22(32)25-21(19)31)18(30)12-28-16-8-6-5-7-15(16)17(29)9-24-28/h5-9,13-14H,10-12,23H2,1-4H3,(H,25,31,32). The molecule has 0 fully saturated rings. The maximum atomic E-state index is 13.4. The van der Waals surface area contributed by atoms with E-state index in [1.807, 2.05) is 27.7 Å². The van der Waals surface area contributed by atoms with Crippen LogP contribution >= 0.6 is 0 Å². The quantitative estimate of drug-likeness (QED) is 0.566. The first kappa shape index (κ1) is 23.0.